The summed E-state index contributed by atoms with van der Waals surface area (Å²) in [6, 6.07) is 1.83. The van der Waals surface area contributed by atoms with E-state index in [0.29, 0.717) is 0 Å². The summed E-state index contributed by atoms with van der Waals surface area (Å²) in [5.74, 6) is -1.21. The van der Waals surface area contributed by atoms with Crippen molar-refractivity contribution in [2.75, 3.05) is 11.9 Å². The molecule has 0 saturated heterocycles. The van der Waals surface area contributed by atoms with Crippen LogP contribution < -0.4 is 16.4 Å². The van der Waals surface area contributed by atoms with Gasteiger partial charge >= 0.3 is 12.2 Å². The SMILES string of the molecule is N=C(N)c1cc(F)ccc1NC(=O)NCC(F)(F)F. The molecule has 19 heavy (non-hydrogen) atoms. The van der Waals surface area contributed by atoms with Crippen LogP contribution >= 0.6 is 0 Å². The smallest absolute Gasteiger partial charge is 0.384 e. The van der Waals surface area contributed by atoms with Gasteiger partial charge < -0.3 is 16.4 Å². The normalized spacial score (nSPS) is 10.9. The van der Waals surface area contributed by atoms with Crippen molar-refractivity contribution in [1.29, 1.82) is 5.41 Å². The predicted octanol–water partition coefficient (Wildman–Crippen LogP) is 1.79. The Labute approximate surface area is 105 Å². The van der Waals surface area contributed by atoms with Gasteiger partial charge in [-0.2, -0.15) is 13.2 Å². The third-order valence-corrected chi connectivity index (χ3v) is 1.97. The van der Waals surface area contributed by atoms with Crippen molar-refractivity contribution in [2.45, 2.75) is 6.18 Å². The Hall–Kier alpha value is -2.32. The summed E-state index contributed by atoms with van der Waals surface area (Å²) in [5.41, 5.74) is 4.98. The molecule has 0 heterocycles. The number of carbonyl (C=O) groups excluding carboxylic acids is 1. The molecule has 0 aliphatic rings. The fourth-order valence-electron chi connectivity index (χ4n) is 1.20. The van der Waals surface area contributed by atoms with Crippen molar-refractivity contribution in [3.8, 4) is 0 Å². The molecule has 0 fully saturated rings. The van der Waals surface area contributed by atoms with Gasteiger partial charge in [0.05, 0.1) is 5.69 Å². The summed E-state index contributed by atoms with van der Waals surface area (Å²) < 4.78 is 48.5. The highest BCUT2D eigenvalue weighted by molar-refractivity contribution is 6.03. The zero-order valence-corrected chi connectivity index (χ0v) is 9.44. The van der Waals surface area contributed by atoms with Crippen LogP contribution in [0.3, 0.4) is 0 Å². The molecule has 2 amide bonds. The largest absolute Gasteiger partial charge is 0.405 e. The molecule has 104 valence electrons. The molecule has 1 rings (SSSR count). The first kappa shape index (κ1) is 14.7. The fraction of sp³-hybridized carbons (Fsp3) is 0.200. The summed E-state index contributed by atoms with van der Waals surface area (Å²) in [6.07, 6.45) is -4.54. The number of hydrogen-bond acceptors (Lipinski definition) is 2. The summed E-state index contributed by atoms with van der Waals surface area (Å²) in [7, 11) is 0. The van der Waals surface area contributed by atoms with Crippen LogP contribution in [-0.2, 0) is 0 Å². The molecule has 1 aromatic carbocycles. The Bertz CT molecular complexity index is 501. The molecule has 1 aromatic rings. The lowest BCUT2D eigenvalue weighted by atomic mass is 10.1. The molecule has 0 spiro atoms. The third-order valence-electron chi connectivity index (χ3n) is 1.97. The Morgan fingerprint density at radius 3 is 2.53 bits per heavy atom. The molecule has 0 saturated carbocycles. The molecule has 5 nitrogen and oxygen atoms in total. The summed E-state index contributed by atoms with van der Waals surface area (Å²) in [6.45, 7) is -1.50. The van der Waals surface area contributed by atoms with E-state index in [0.717, 1.165) is 18.2 Å². The van der Waals surface area contributed by atoms with Gasteiger partial charge in [-0.1, -0.05) is 0 Å². The predicted molar refractivity (Wildman–Crippen MR) is 60.5 cm³/mol. The first-order valence-corrected chi connectivity index (χ1v) is 4.94. The molecule has 0 aliphatic carbocycles. The number of nitrogens with one attached hydrogen (secondary N) is 3. The van der Waals surface area contributed by atoms with Crippen molar-refractivity contribution in [3.05, 3.63) is 29.6 Å². The zero-order valence-electron chi connectivity index (χ0n) is 9.44. The second kappa shape index (κ2) is 5.55. The van der Waals surface area contributed by atoms with Crippen molar-refractivity contribution >= 4 is 17.6 Å². The van der Waals surface area contributed by atoms with E-state index in [1.807, 2.05) is 0 Å². The monoisotopic (exact) mass is 278 g/mol. The highest BCUT2D eigenvalue weighted by Crippen LogP contribution is 2.17. The molecule has 0 aromatic heterocycles. The fourth-order valence-corrected chi connectivity index (χ4v) is 1.20. The number of rotatable bonds is 3. The number of nitrogen functional groups attached to an aromatic ring is 1. The van der Waals surface area contributed by atoms with Crippen LogP contribution in [0.1, 0.15) is 5.56 Å². The third kappa shape index (κ3) is 4.82. The number of amides is 2. The van der Waals surface area contributed by atoms with Gasteiger partial charge in [0.2, 0.25) is 0 Å². The molecule has 9 heteroatoms. The maximum atomic E-state index is 12.9. The van der Waals surface area contributed by atoms with Gasteiger partial charge in [0.25, 0.3) is 0 Å². The van der Waals surface area contributed by atoms with E-state index < -0.39 is 30.4 Å². The Kier molecular flexibility index (Phi) is 4.30. The lowest BCUT2D eigenvalue weighted by molar-refractivity contribution is -0.122. The minimum atomic E-state index is -4.54. The van der Waals surface area contributed by atoms with E-state index in [1.165, 1.54) is 0 Å². The number of halogens is 4. The van der Waals surface area contributed by atoms with E-state index in [9.17, 15) is 22.4 Å². The lowest BCUT2D eigenvalue weighted by Crippen LogP contribution is -2.37. The van der Waals surface area contributed by atoms with Crippen molar-refractivity contribution < 1.29 is 22.4 Å². The second-order valence-electron chi connectivity index (χ2n) is 3.53. The maximum Gasteiger partial charge on any atom is 0.405 e. The molecular weight excluding hydrogens is 268 g/mol. The maximum absolute atomic E-state index is 12.9. The van der Waals surface area contributed by atoms with Gasteiger partial charge in [0.1, 0.15) is 18.2 Å². The van der Waals surface area contributed by atoms with Crippen LogP contribution in [0.25, 0.3) is 0 Å². The number of amidine groups is 1. The van der Waals surface area contributed by atoms with Gasteiger partial charge in [-0.3, -0.25) is 5.41 Å². The molecule has 0 bridgehead atoms. The first-order valence-electron chi connectivity index (χ1n) is 4.94. The minimum Gasteiger partial charge on any atom is -0.384 e. The Morgan fingerprint density at radius 1 is 1.37 bits per heavy atom. The van der Waals surface area contributed by atoms with Crippen LogP contribution in [0, 0.1) is 11.2 Å². The number of carbonyl (C=O) groups is 1. The van der Waals surface area contributed by atoms with Crippen LogP contribution in [0.2, 0.25) is 0 Å². The lowest BCUT2D eigenvalue weighted by Gasteiger charge is -2.12. The molecule has 0 aliphatic heterocycles. The number of hydrogen-bond donors (Lipinski definition) is 4. The highest BCUT2D eigenvalue weighted by Gasteiger charge is 2.27. The van der Waals surface area contributed by atoms with Crippen LogP contribution in [-0.4, -0.2) is 24.6 Å². The summed E-state index contributed by atoms with van der Waals surface area (Å²) in [4.78, 5) is 11.2. The standard InChI is InChI=1S/C10H10F4N4O/c11-5-1-2-7(6(3-5)8(15)16)18-9(19)17-4-10(12,13)14/h1-3H,4H2,(H3,15,16)(H2,17,18,19). The highest BCUT2D eigenvalue weighted by atomic mass is 19.4. The van der Waals surface area contributed by atoms with Gasteiger partial charge in [-0.15, -0.1) is 0 Å². The van der Waals surface area contributed by atoms with Crippen LogP contribution in [0.5, 0.6) is 0 Å². The quantitative estimate of drug-likeness (QED) is 0.385. The number of alkyl halides is 3. The average molecular weight is 278 g/mol. The minimum absolute atomic E-state index is 0.0615. The average Bonchev–Trinajstić information content (AvgIpc) is 2.28. The molecule has 0 radical (unpaired) electrons. The molecular formula is C10H10F4N4O. The van der Waals surface area contributed by atoms with Crippen LogP contribution in [0.4, 0.5) is 28.0 Å². The van der Waals surface area contributed by atoms with E-state index in [2.05, 4.69) is 5.32 Å². The zero-order chi connectivity index (χ0) is 14.6. The van der Waals surface area contributed by atoms with E-state index >= 15 is 0 Å². The van der Waals surface area contributed by atoms with E-state index in [1.54, 1.807) is 5.32 Å². The topological polar surface area (TPSA) is 91.0 Å². The van der Waals surface area contributed by atoms with E-state index in [-0.39, 0.29) is 11.3 Å². The van der Waals surface area contributed by atoms with Crippen molar-refractivity contribution in [1.82, 2.24) is 5.32 Å². The van der Waals surface area contributed by atoms with E-state index in [4.69, 9.17) is 11.1 Å². The summed E-state index contributed by atoms with van der Waals surface area (Å²) >= 11 is 0. The number of nitrogens with two attached hydrogens (primary N) is 1. The van der Waals surface area contributed by atoms with Gasteiger partial charge in [0.15, 0.2) is 0 Å². The number of urea groups is 1. The summed E-state index contributed by atoms with van der Waals surface area (Å²) in [5, 5.41) is 10.8. The molecule has 0 atom stereocenters. The van der Waals surface area contributed by atoms with Crippen molar-refractivity contribution in [3.63, 3.8) is 0 Å². The number of anilines is 1. The first-order chi connectivity index (χ1) is 8.69. The van der Waals surface area contributed by atoms with Gasteiger partial charge in [0, 0.05) is 5.56 Å². The Morgan fingerprint density at radius 2 is 2.00 bits per heavy atom. The van der Waals surface area contributed by atoms with Crippen LogP contribution in [0.15, 0.2) is 18.2 Å². The van der Waals surface area contributed by atoms with Gasteiger partial charge in [-0.25, -0.2) is 9.18 Å². The molecule has 0 unspecified atom stereocenters. The second-order valence-corrected chi connectivity index (χ2v) is 3.53. The van der Waals surface area contributed by atoms with Crippen molar-refractivity contribution in [2.24, 2.45) is 5.73 Å². The number of benzene rings is 1. The Balaban J connectivity index is 2.77. The van der Waals surface area contributed by atoms with Gasteiger partial charge in [-0.05, 0) is 18.2 Å². The molecule has 5 N–H and O–H groups in total.